The Labute approximate surface area is 188 Å². The van der Waals surface area contributed by atoms with Gasteiger partial charge in [-0.15, -0.1) is 24.8 Å². The van der Waals surface area contributed by atoms with E-state index in [-0.39, 0.29) is 49.0 Å². The first-order chi connectivity index (χ1) is 13.7. The Morgan fingerprint density at radius 1 is 1.17 bits per heavy atom. The summed E-state index contributed by atoms with van der Waals surface area (Å²) in [5.41, 5.74) is 6.58. The SMILES string of the molecule is CC(c1nc(-c2ccccc2)no1)N1CCN(C(=O)[C@@H]2CC[C@H](CN)O2)CC1.Cl.Cl. The third kappa shape index (κ3) is 5.31. The summed E-state index contributed by atoms with van der Waals surface area (Å²) < 4.78 is 11.2. The number of amides is 1. The first kappa shape index (κ1) is 24.6. The number of aromatic nitrogens is 2. The van der Waals surface area contributed by atoms with Gasteiger partial charge in [-0.3, -0.25) is 9.69 Å². The van der Waals surface area contributed by atoms with Crippen molar-refractivity contribution in [2.24, 2.45) is 5.73 Å². The number of carbonyl (C=O) groups excluding carboxylic acids is 1. The lowest BCUT2D eigenvalue weighted by Gasteiger charge is -2.37. The van der Waals surface area contributed by atoms with E-state index in [0.717, 1.165) is 31.5 Å². The number of hydrogen-bond donors (Lipinski definition) is 1. The number of nitrogens with zero attached hydrogens (tertiary/aromatic N) is 4. The minimum atomic E-state index is -0.332. The molecule has 10 heteroatoms. The second kappa shape index (κ2) is 11.1. The Bertz CT molecular complexity index is 799. The molecule has 3 heterocycles. The average molecular weight is 458 g/mol. The molecule has 0 spiro atoms. The third-order valence-corrected chi connectivity index (χ3v) is 5.65. The van der Waals surface area contributed by atoms with E-state index in [9.17, 15) is 4.79 Å². The maximum atomic E-state index is 12.7. The van der Waals surface area contributed by atoms with Crippen molar-refractivity contribution in [2.75, 3.05) is 32.7 Å². The van der Waals surface area contributed by atoms with Crippen molar-refractivity contribution >= 4 is 30.7 Å². The molecule has 30 heavy (non-hydrogen) atoms. The molecule has 166 valence electrons. The molecule has 2 aromatic rings. The van der Waals surface area contributed by atoms with Gasteiger partial charge in [-0.1, -0.05) is 35.5 Å². The Balaban J connectivity index is 0.00000160. The maximum absolute atomic E-state index is 12.7. The van der Waals surface area contributed by atoms with Crippen LogP contribution < -0.4 is 5.73 Å². The molecule has 2 saturated heterocycles. The van der Waals surface area contributed by atoms with Gasteiger partial charge in [0.1, 0.15) is 6.10 Å². The molecule has 1 aromatic heterocycles. The molecule has 4 rings (SSSR count). The fraction of sp³-hybridized carbons (Fsp3) is 0.550. The zero-order valence-electron chi connectivity index (χ0n) is 17.0. The molecule has 2 N–H and O–H groups in total. The normalized spacial score (nSPS) is 22.8. The highest BCUT2D eigenvalue weighted by molar-refractivity contribution is 5.85. The summed E-state index contributed by atoms with van der Waals surface area (Å²) in [6, 6.07) is 9.80. The van der Waals surface area contributed by atoms with Crippen LogP contribution in [-0.2, 0) is 9.53 Å². The van der Waals surface area contributed by atoms with Crippen LogP contribution in [0.25, 0.3) is 11.4 Å². The van der Waals surface area contributed by atoms with E-state index >= 15 is 0 Å². The summed E-state index contributed by atoms with van der Waals surface area (Å²) in [5, 5.41) is 4.11. The predicted molar refractivity (Wildman–Crippen MR) is 118 cm³/mol. The minimum absolute atomic E-state index is 0. The second-order valence-corrected chi connectivity index (χ2v) is 7.42. The van der Waals surface area contributed by atoms with Gasteiger partial charge in [-0.05, 0) is 19.8 Å². The second-order valence-electron chi connectivity index (χ2n) is 7.42. The predicted octanol–water partition coefficient (Wildman–Crippen LogP) is 2.29. The quantitative estimate of drug-likeness (QED) is 0.734. The molecule has 1 amide bonds. The van der Waals surface area contributed by atoms with E-state index < -0.39 is 0 Å². The molecule has 0 saturated carbocycles. The lowest BCUT2D eigenvalue weighted by atomic mass is 10.1. The van der Waals surface area contributed by atoms with Gasteiger partial charge < -0.3 is 19.9 Å². The molecule has 1 aromatic carbocycles. The summed E-state index contributed by atoms with van der Waals surface area (Å²) in [7, 11) is 0. The summed E-state index contributed by atoms with van der Waals surface area (Å²) in [5.74, 6) is 1.29. The van der Waals surface area contributed by atoms with Gasteiger partial charge in [0.25, 0.3) is 5.91 Å². The van der Waals surface area contributed by atoms with Crippen molar-refractivity contribution < 1.29 is 14.1 Å². The van der Waals surface area contributed by atoms with Crippen LogP contribution in [0.5, 0.6) is 0 Å². The molecule has 8 nitrogen and oxygen atoms in total. The van der Waals surface area contributed by atoms with Gasteiger partial charge in [-0.25, -0.2) is 0 Å². The van der Waals surface area contributed by atoms with Crippen LogP contribution in [0.15, 0.2) is 34.9 Å². The van der Waals surface area contributed by atoms with Crippen molar-refractivity contribution in [2.45, 2.75) is 38.0 Å². The Kier molecular flexibility index (Phi) is 9.06. The molecule has 0 aliphatic carbocycles. The van der Waals surface area contributed by atoms with Crippen LogP contribution >= 0.6 is 24.8 Å². The van der Waals surface area contributed by atoms with Gasteiger partial charge in [0.05, 0.1) is 12.1 Å². The monoisotopic (exact) mass is 457 g/mol. The first-order valence-electron chi connectivity index (χ1n) is 9.93. The zero-order valence-corrected chi connectivity index (χ0v) is 18.6. The van der Waals surface area contributed by atoms with Gasteiger partial charge in [-0.2, -0.15) is 4.98 Å². The Morgan fingerprint density at radius 3 is 2.50 bits per heavy atom. The number of piperazine rings is 1. The molecule has 0 bridgehead atoms. The minimum Gasteiger partial charge on any atom is -0.364 e. The third-order valence-electron chi connectivity index (χ3n) is 5.65. The van der Waals surface area contributed by atoms with Gasteiger partial charge in [0.15, 0.2) is 0 Å². The molecule has 0 radical (unpaired) electrons. The summed E-state index contributed by atoms with van der Waals surface area (Å²) in [6.07, 6.45) is 1.32. The Morgan fingerprint density at radius 2 is 1.87 bits per heavy atom. The number of carbonyl (C=O) groups is 1. The van der Waals surface area contributed by atoms with E-state index in [1.54, 1.807) is 0 Å². The lowest BCUT2D eigenvalue weighted by Crippen LogP contribution is -2.52. The van der Waals surface area contributed by atoms with Crippen LogP contribution in [0.3, 0.4) is 0 Å². The highest BCUT2D eigenvalue weighted by Crippen LogP contribution is 2.25. The van der Waals surface area contributed by atoms with Crippen LogP contribution in [0.1, 0.15) is 31.7 Å². The number of rotatable bonds is 5. The number of hydrogen-bond acceptors (Lipinski definition) is 7. The van der Waals surface area contributed by atoms with Crippen molar-refractivity contribution in [3.05, 3.63) is 36.2 Å². The van der Waals surface area contributed by atoms with Gasteiger partial charge in [0.2, 0.25) is 11.7 Å². The summed E-state index contributed by atoms with van der Waals surface area (Å²) in [6.45, 7) is 5.42. The average Bonchev–Trinajstić information content (AvgIpc) is 3.43. The largest absolute Gasteiger partial charge is 0.364 e. The van der Waals surface area contributed by atoms with Crippen molar-refractivity contribution in [3.63, 3.8) is 0 Å². The highest BCUT2D eigenvalue weighted by Gasteiger charge is 2.35. The molecule has 3 atom stereocenters. The summed E-state index contributed by atoms with van der Waals surface area (Å²) >= 11 is 0. The Hall–Kier alpha value is -1.71. The maximum Gasteiger partial charge on any atom is 0.251 e. The smallest absolute Gasteiger partial charge is 0.251 e. The van der Waals surface area contributed by atoms with E-state index in [0.29, 0.717) is 31.3 Å². The van der Waals surface area contributed by atoms with Crippen molar-refractivity contribution in [3.8, 4) is 11.4 Å². The van der Waals surface area contributed by atoms with E-state index in [1.807, 2.05) is 35.2 Å². The number of nitrogens with two attached hydrogens (primary N) is 1. The van der Waals surface area contributed by atoms with Crippen molar-refractivity contribution in [1.82, 2.24) is 19.9 Å². The van der Waals surface area contributed by atoms with Gasteiger partial charge >= 0.3 is 0 Å². The molecule has 2 fully saturated rings. The number of ether oxygens (including phenoxy) is 1. The zero-order chi connectivity index (χ0) is 19.5. The van der Waals surface area contributed by atoms with Crippen LogP contribution in [0.2, 0.25) is 0 Å². The molecule has 2 aliphatic rings. The molecular formula is C20H29Cl2N5O3. The summed E-state index contributed by atoms with van der Waals surface area (Å²) in [4.78, 5) is 21.4. The fourth-order valence-electron chi connectivity index (χ4n) is 3.86. The fourth-order valence-corrected chi connectivity index (χ4v) is 3.86. The highest BCUT2D eigenvalue weighted by atomic mass is 35.5. The van der Waals surface area contributed by atoms with Crippen LogP contribution in [0, 0.1) is 0 Å². The number of halogens is 2. The van der Waals surface area contributed by atoms with E-state index in [1.165, 1.54) is 0 Å². The number of benzene rings is 1. The first-order valence-corrected chi connectivity index (χ1v) is 9.93. The van der Waals surface area contributed by atoms with Crippen LogP contribution in [-0.4, -0.2) is 70.8 Å². The molecular weight excluding hydrogens is 429 g/mol. The molecule has 2 aliphatic heterocycles. The van der Waals surface area contributed by atoms with Crippen LogP contribution in [0.4, 0.5) is 0 Å². The van der Waals surface area contributed by atoms with Gasteiger partial charge in [0, 0.05) is 38.3 Å². The van der Waals surface area contributed by atoms with E-state index in [4.69, 9.17) is 15.0 Å². The van der Waals surface area contributed by atoms with E-state index in [2.05, 4.69) is 22.0 Å². The lowest BCUT2D eigenvalue weighted by molar-refractivity contribution is -0.144. The molecule has 1 unspecified atom stereocenters. The van der Waals surface area contributed by atoms with Crippen molar-refractivity contribution in [1.29, 1.82) is 0 Å². The topological polar surface area (TPSA) is 97.7 Å². The standard InChI is InChI=1S/C20H27N5O3.2ClH/c1-14(19-22-18(23-28-19)15-5-3-2-4-6-15)24-9-11-25(12-10-24)20(26)17-8-7-16(13-21)27-17;;/h2-6,14,16-17H,7-13,21H2,1H3;2*1H/t14?,16-,17+;;/m1../s1.